The highest BCUT2D eigenvalue weighted by atomic mass is 79.9. The van der Waals surface area contributed by atoms with E-state index in [4.69, 9.17) is 16.3 Å². The molecule has 0 unspecified atom stereocenters. The Morgan fingerprint density at radius 2 is 1.83 bits per heavy atom. The highest BCUT2D eigenvalue weighted by Crippen LogP contribution is 2.37. The van der Waals surface area contributed by atoms with Crippen LogP contribution in [0.4, 0.5) is 5.69 Å². The normalized spacial score (nSPS) is 16.6. The maximum absolute atomic E-state index is 13.1. The van der Waals surface area contributed by atoms with Crippen LogP contribution in [0.5, 0.6) is 0 Å². The highest BCUT2D eigenvalue weighted by Gasteiger charge is 2.41. The number of hydrogen-bond acceptors (Lipinski definition) is 2. The second kappa shape index (κ2) is 7.26. The summed E-state index contributed by atoms with van der Waals surface area (Å²) in [6.07, 6.45) is 1.33. The Bertz CT molecular complexity index is 740. The minimum atomic E-state index is -0.573. The minimum Gasteiger partial charge on any atom is -0.381 e. The Labute approximate surface area is 155 Å². The number of nitrogens with one attached hydrogen (secondary N) is 1. The standard InChI is InChI=1S/C19H19BrClNO2/c1-13-2-7-16(12-17(13)21)22-18(23)19(8-10-24-11-9-19)14-3-5-15(20)6-4-14/h2-7,12H,8-11H2,1H3,(H,22,23). The average Bonchev–Trinajstić information content (AvgIpc) is 2.59. The molecule has 1 aliphatic heterocycles. The molecule has 3 nitrogen and oxygen atoms in total. The van der Waals surface area contributed by atoms with Crippen LogP contribution in [0.3, 0.4) is 0 Å². The predicted molar refractivity (Wildman–Crippen MR) is 101 cm³/mol. The number of aryl methyl sites for hydroxylation is 1. The van der Waals surface area contributed by atoms with Gasteiger partial charge in [0, 0.05) is 28.4 Å². The van der Waals surface area contributed by atoms with Crippen molar-refractivity contribution in [1.29, 1.82) is 0 Å². The molecule has 1 heterocycles. The van der Waals surface area contributed by atoms with E-state index in [1.165, 1.54) is 0 Å². The number of ether oxygens (including phenoxy) is 1. The summed E-state index contributed by atoms with van der Waals surface area (Å²) < 4.78 is 6.49. The Kier molecular flexibility index (Phi) is 5.28. The third-order valence-electron chi connectivity index (χ3n) is 4.61. The number of carbonyl (C=O) groups excluding carboxylic acids is 1. The molecular weight excluding hydrogens is 390 g/mol. The fourth-order valence-electron chi connectivity index (χ4n) is 3.06. The van der Waals surface area contributed by atoms with Crippen LogP contribution in [0.15, 0.2) is 46.9 Å². The molecule has 0 aliphatic carbocycles. The van der Waals surface area contributed by atoms with Crippen LogP contribution in [0.2, 0.25) is 5.02 Å². The van der Waals surface area contributed by atoms with E-state index >= 15 is 0 Å². The van der Waals surface area contributed by atoms with Gasteiger partial charge in [0.1, 0.15) is 0 Å². The number of benzene rings is 2. The number of carbonyl (C=O) groups is 1. The third-order valence-corrected chi connectivity index (χ3v) is 5.54. The van der Waals surface area contributed by atoms with Crippen LogP contribution in [0.25, 0.3) is 0 Å². The van der Waals surface area contributed by atoms with Crippen molar-refractivity contribution in [1.82, 2.24) is 0 Å². The lowest BCUT2D eigenvalue weighted by atomic mass is 9.73. The molecule has 3 rings (SSSR count). The van der Waals surface area contributed by atoms with E-state index < -0.39 is 5.41 Å². The molecule has 1 amide bonds. The first-order valence-electron chi connectivity index (χ1n) is 7.93. The lowest BCUT2D eigenvalue weighted by molar-refractivity contribution is -0.125. The minimum absolute atomic E-state index is 0.00644. The summed E-state index contributed by atoms with van der Waals surface area (Å²) in [6.45, 7) is 3.10. The first-order valence-corrected chi connectivity index (χ1v) is 9.10. The number of hydrogen-bond donors (Lipinski definition) is 1. The van der Waals surface area contributed by atoms with Gasteiger partial charge >= 0.3 is 0 Å². The molecule has 0 radical (unpaired) electrons. The zero-order valence-electron chi connectivity index (χ0n) is 13.4. The summed E-state index contributed by atoms with van der Waals surface area (Å²) >= 11 is 9.63. The van der Waals surface area contributed by atoms with Crippen LogP contribution in [0, 0.1) is 6.92 Å². The fourth-order valence-corrected chi connectivity index (χ4v) is 3.50. The van der Waals surface area contributed by atoms with Crippen molar-refractivity contribution in [2.75, 3.05) is 18.5 Å². The van der Waals surface area contributed by atoms with Crippen molar-refractivity contribution >= 4 is 39.1 Å². The molecule has 24 heavy (non-hydrogen) atoms. The van der Waals surface area contributed by atoms with Gasteiger partial charge in [-0.2, -0.15) is 0 Å². The first-order chi connectivity index (χ1) is 11.5. The first kappa shape index (κ1) is 17.5. The molecule has 2 aromatic carbocycles. The van der Waals surface area contributed by atoms with Gasteiger partial charge in [-0.05, 0) is 55.2 Å². The van der Waals surface area contributed by atoms with E-state index in [0.29, 0.717) is 31.1 Å². The summed E-state index contributed by atoms with van der Waals surface area (Å²) in [7, 11) is 0. The molecule has 2 aromatic rings. The molecule has 5 heteroatoms. The smallest absolute Gasteiger partial charge is 0.235 e. The van der Waals surface area contributed by atoms with E-state index in [1.807, 2.05) is 43.3 Å². The van der Waals surface area contributed by atoms with Gasteiger partial charge in [0.15, 0.2) is 0 Å². The molecule has 1 N–H and O–H groups in total. The SMILES string of the molecule is Cc1ccc(NC(=O)C2(c3ccc(Br)cc3)CCOCC2)cc1Cl. The average molecular weight is 409 g/mol. The molecule has 1 fully saturated rings. The number of rotatable bonds is 3. The third kappa shape index (κ3) is 3.51. The van der Waals surface area contributed by atoms with Crippen molar-refractivity contribution in [2.45, 2.75) is 25.2 Å². The van der Waals surface area contributed by atoms with Crippen molar-refractivity contribution in [3.05, 3.63) is 63.1 Å². The number of halogens is 2. The molecule has 126 valence electrons. The molecule has 0 saturated carbocycles. The van der Waals surface area contributed by atoms with Crippen LogP contribution < -0.4 is 5.32 Å². The van der Waals surface area contributed by atoms with Gasteiger partial charge in [-0.1, -0.05) is 45.7 Å². The van der Waals surface area contributed by atoms with E-state index in [0.717, 1.165) is 21.3 Å². The lowest BCUT2D eigenvalue weighted by Gasteiger charge is -2.36. The molecule has 0 spiro atoms. The molecule has 0 atom stereocenters. The largest absolute Gasteiger partial charge is 0.381 e. The Hall–Kier alpha value is -1.36. The van der Waals surface area contributed by atoms with Crippen LogP contribution >= 0.6 is 27.5 Å². The summed E-state index contributed by atoms with van der Waals surface area (Å²) in [5.41, 5.74) is 2.16. The van der Waals surface area contributed by atoms with Gasteiger partial charge in [-0.3, -0.25) is 4.79 Å². The van der Waals surface area contributed by atoms with Crippen molar-refractivity contribution in [2.24, 2.45) is 0 Å². The Morgan fingerprint density at radius 1 is 1.17 bits per heavy atom. The summed E-state index contributed by atoms with van der Waals surface area (Å²) in [6, 6.07) is 13.6. The summed E-state index contributed by atoms with van der Waals surface area (Å²) in [4.78, 5) is 13.1. The second-order valence-electron chi connectivity index (χ2n) is 6.12. The maximum atomic E-state index is 13.1. The molecule has 0 aromatic heterocycles. The zero-order valence-corrected chi connectivity index (χ0v) is 15.8. The topological polar surface area (TPSA) is 38.3 Å². The quantitative estimate of drug-likeness (QED) is 0.767. The van der Waals surface area contributed by atoms with Gasteiger partial charge < -0.3 is 10.1 Å². The van der Waals surface area contributed by atoms with Crippen LogP contribution in [-0.4, -0.2) is 19.1 Å². The van der Waals surface area contributed by atoms with Gasteiger partial charge in [-0.15, -0.1) is 0 Å². The molecule has 1 saturated heterocycles. The van der Waals surface area contributed by atoms with E-state index in [1.54, 1.807) is 6.07 Å². The molecular formula is C19H19BrClNO2. The van der Waals surface area contributed by atoms with Crippen LogP contribution in [-0.2, 0) is 14.9 Å². The monoisotopic (exact) mass is 407 g/mol. The van der Waals surface area contributed by atoms with Gasteiger partial charge in [-0.25, -0.2) is 0 Å². The van der Waals surface area contributed by atoms with E-state index in [9.17, 15) is 4.79 Å². The number of anilines is 1. The highest BCUT2D eigenvalue weighted by molar-refractivity contribution is 9.10. The molecule has 0 bridgehead atoms. The Balaban J connectivity index is 1.91. The Morgan fingerprint density at radius 3 is 2.46 bits per heavy atom. The second-order valence-corrected chi connectivity index (χ2v) is 7.44. The van der Waals surface area contributed by atoms with Gasteiger partial charge in [0.2, 0.25) is 5.91 Å². The van der Waals surface area contributed by atoms with E-state index in [2.05, 4.69) is 21.2 Å². The maximum Gasteiger partial charge on any atom is 0.235 e. The van der Waals surface area contributed by atoms with Crippen LogP contribution in [0.1, 0.15) is 24.0 Å². The summed E-state index contributed by atoms with van der Waals surface area (Å²) in [5.74, 6) is -0.00644. The fraction of sp³-hybridized carbons (Fsp3) is 0.316. The molecule has 1 aliphatic rings. The van der Waals surface area contributed by atoms with Gasteiger partial charge in [0.05, 0.1) is 5.41 Å². The van der Waals surface area contributed by atoms with Crippen molar-refractivity contribution < 1.29 is 9.53 Å². The van der Waals surface area contributed by atoms with E-state index in [-0.39, 0.29) is 5.91 Å². The number of amides is 1. The van der Waals surface area contributed by atoms with Crippen molar-refractivity contribution in [3.8, 4) is 0 Å². The zero-order chi connectivity index (χ0) is 17.2. The lowest BCUT2D eigenvalue weighted by Crippen LogP contribution is -2.44. The van der Waals surface area contributed by atoms with Gasteiger partial charge in [0.25, 0.3) is 0 Å². The predicted octanol–water partition coefficient (Wildman–Crippen LogP) is 5.10. The summed E-state index contributed by atoms with van der Waals surface area (Å²) in [5, 5.41) is 3.69. The van der Waals surface area contributed by atoms with Crippen molar-refractivity contribution in [3.63, 3.8) is 0 Å².